The van der Waals surface area contributed by atoms with Crippen LogP contribution in [0.1, 0.15) is 32.6 Å². The highest BCUT2D eigenvalue weighted by molar-refractivity contribution is 7.13. The van der Waals surface area contributed by atoms with Crippen LogP contribution in [0.3, 0.4) is 0 Å². The van der Waals surface area contributed by atoms with Crippen molar-refractivity contribution in [3.05, 3.63) is 11.6 Å². The molecule has 2 N–H and O–H groups in total. The van der Waals surface area contributed by atoms with Gasteiger partial charge >= 0.3 is 0 Å². The minimum absolute atomic E-state index is 0.00221. The summed E-state index contributed by atoms with van der Waals surface area (Å²) in [4.78, 5) is 30.8. The first-order chi connectivity index (χ1) is 11.1. The predicted molar refractivity (Wildman–Crippen MR) is 90.2 cm³/mol. The van der Waals surface area contributed by atoms with E-state index in [1.807, 2.05) is 12.3 Å². The molecule has 2 aliphatic rings. The Balaban J connectivity index is 1.50. The van der Waals surface area contributed by atoms with Crippen molar-refractivity contribution >= 4 is 28.3 Å². The Bertz CT molecular complexity index is 544. The molecule has 0 unspecified atom stereocenters. The van der Waals surface area contributed by atoms with Crippen molar-refractivity contribution in [3.8, 4) is 0 Å². The van der Waals surface area contributed by atoms with Crippen LogP contribution in [-0.2, 0) is 9.59 Å². The van der Waals surface area contributed by atoms with Gasteiger partial charge in [-0.3, -0.25) is 14.5 Å². The van der Waals surface area contributed by atoms with Gasteiger partial charge in [0.2, 0.25) is 11.8 Å². The highest BCUT2D eigenvalue weighted by Crippen LogP contribution is 2.28. The van der Waals surface area contributed by atoms with Crippen LogP contribution in [0, 0.1) is 11.8 Å². The molecule has 1 aromatic rings. The predicted octanol–water partition coefficient (Wildman–Crippen LogP) is 1.71. The van der Waals surface area contributed by atoms with E-state index in [4.69, 9.17) is 0 Å². The molecule has 23 heavy (non-hydrogen) atoms. The first-order valence-electron chi connectivity index (χ1n) is 8.35. The summed E-state index contributed by atoms with van der Waals surface area (Å²) in [6.45, 7) is 4.23. The van der Waals surface area contributed by atoms with Gasteiger partial charge in [-0.25, -0.2) is 4.98 Å². The van der Waals surface area contributed by atoms with Crippen molar-refractivity contribution in [2.75, 3.05) is 25.0 Å². The van der Waals surface area contributed by atoms with Gasteiger partial charge in [0, 0.05) is 24.7 Å². The van der Waals surface area contributed by atoms with Crippen LogP contribution in [0.4, 0.5) is 5.13 Å². The average molecular weight is 336 g/mol. The minimum Gasteiger partial charge on any atom is -0.356 e. The molecule has 1 saturated carbocycles. The molecule has 2 atom stereocenters. The molecule has 1 aromatic heterocycles. The van der Waals surface area contributed by atoms with Gasteiger partial charge in [-0.15, -0.1) is 11.3 Å². The molecular formula is C16H24N4O2S. The maximum Gasteiger partial charge on any atom is 0.243 e. The van der Waals surface area contributed by atoms with Crippen LogP contribution >= 0.6 is 11.3 Å². The van der Waals surface area contributed by atoms with Crippen LogP contribution in [0.2, 0.25) is 0 Å². The SMILES string of the molecule is C[C@H](C(=O)Nc1nccs1)N1CCC[C@@H](C(=O)NCC2CC2)C1. The molecule has 126 valence electrons. The number of aromatic nitrogens is 1. The number of thiazole rings is 1. The number of anilines is 1. The Kier molecular flexibility index (Phi) is 5.27. The fourth-order valence-electron chi connectivity index (χ4n) is 2.94. The summed E-state index contributed by atoms with van der Waals surface area (Å²) in [7, 11) is 0. The quantitative estimate of drug-likeness (QED) is 0.829. The lowest BCUT2D eigenvalue weighted by Gasteiger charge is -2.35. The van der Waals surface area contributed by atoms with Crippen LogP contribution in [0.25, 0.3) is 0 Å². The van der Waals surface area contributed by atoms with Gasteiger partial charge in [-0.1, -0.05) is 0 Å². The average Bonchev–Trinajstić information content (AvgIpc) is 3.27. The lowest BCUT2D eigenvalue weighted by atomic mass is 9.96. The summed E-state index contributed by atoms with van der Waals surface area (Å²) in [6, 6.07) is -0.252. The van der Waals surface area contributed by atoms with Crippen molar-refractivity contribution in [1.29, 1.82) is 0 Å². The van der Waals surface area contributed by atoms with Gasteiger partial charge in [0.15, 0.2) is 5.13 Å². The van der Waals surface area contributed by atoms with Crippen LogP contribution < -0.4 is 10.6 Å². The maximum atomic E-state index is 12.3. The molecule has 2 heterocycles. The number of piperidine rings is 1. The summed E-state index contributed by atoms with van der Waals surface area (Å²) in [5.41, 5.74) is 0. The zero-order chi connectivity index (χ0) is 16.2. The number of amides is 2. The lowest BCUT2D eigenvalue weighted by molar-refractivity contribution is -0.129. The second kappa shape index (κ2) is 7.40. The van der Waals surface area contributed by atoms with Crippen LogP contribution in [-0.4, -0.2) is 47.4 Å². The van der Waals surface area contributed by atoms with Gasteiger partial charge in [-0.2, -0.15) is 0 Å². The normalized spacial score (nSPS) is 23.3. The van der Waals surface area contributed by atoms with E-state index in [2.05, 4.69) is 20.5 Å². The Labute approximate surface area is 140 Å². The molecular weight excluding hydrogens is 312 g/mol. The molecule has 6 nitrogen and oxygen atoms in total. The van der Waals surface area contributed by atoms with Crippen LogP contribution in [0.5, 0.6) is 0 Å². The zero-order valence-electron chi connectivity index (χ0n) is 13.5. The highest BCUT2D eigenvalue weighted by Gasteiger charge is 2.31. The number of carbonyl (C=O) groups is 2. The monoisotopic (exact) mass is 336 g/mol. The van der Waals surface area contributed by atoms with E-state index in [0.717, 1.165) is 25.9 Å². The minimum atomic E-state index is -0.252. The third-order valence-electron chi connectivity index (χ3n) is 4.68. The van der Waals surface area contributed by atoms with E-state index in [9.17, 15) is 9.59 Å². The molecule has 0 aromatic carbocycles. The van der Waals surface area contributed by atoms with Gasteiger partial charge < -0.3 is 10.6 Å². The molecule has 2 amide bonds. The summed E-state index contributed by atoms with van der Waals surface area (Å²) >= 11 is 1.41. The van der Waals surface area contributed by atoms with Gasteiger partial charge in [0.1, 0.15) is 0 Å². The fourth-order valence-corrected chi connectivity index (χ4v) is 3.48. The Morgan fingerprint density at radius 2 is 2.26 bits per heavy atom. The van der Waals surface area contributed by atoms with Gasteiger partial charge in [-0.05, 0) is 45.1 Å². The summed E-state index contributed by atoms with van der Waals surface area (Å²) in [5.74, 6) is 0.785. The van der Waals surface area contributed by atoms with E-state index < -0.39 is 0 Å². The van der Waals surface area contributed by atoms with Crippen LogP contribution in [0.15, 0.2) is 11.6 Å². The van der Waals surface area contributed by atoms with Gasteiger partial charge in [0.05, 0.1) is 12.0 Å². The molecule has 2 fully saturated rings. The molecule has 7 heteroatoms. The summed E-state index contributed by atoms with van der Waals surface area (Å²) in [6.07, 6.45) is 6.02. The molecule has 1 aliphatic heterocycles. The number of rotatable bonds is 6. The van der Waals surface area contributed by atoms with Crippen molar-refractivity contribution < 1.29 is 9.59 Å². The Morgan fingerprint density at radius 3 is 2.96 bits per heavy atom. The number of nitrogens with zero attached hydrogens (tertiary/aromatic N) is 2. The van der Waals surface area contributed by atoms with Gasteiger partial charge in [0.25, 0.3) is 0 Å². The van der Waals surface area contributed by atoms with E-state index in [0.29, 0.717) is 17.6 Å². The van der Waals surface area contributed by atoms with E-state index in [1.54, 1.807) is 6.20 Å². The smallest absolute Gasteiger partial charge is 0.243 e. The van der Waals surface area contributed by atoms with Crippen molar-refractivity contribution in [2.24, 2.45) is 11.8 Å². The third-order valence-corrected chi connectivity index (χ3v) is 5.36. The second-order valence-electron chi connectivity index (χ2n) is 6.53. The number of likely N-dealkylation sites (tertiary alicyclic amines) is 1. The highest BCUT2D eigenvalue weighted by atomic mass is 32.1. The van der Waals surface area contributed by atoms with Crippen molar-refractivity contribution in [1.82, 2.24) is 15.2 Å². The lowest BCUT2D eigenvalue weighted by Crippen LogP contribution is -2.50. The summed E-state index contributed by atoms with van der Waals surface area (Å²) < 4.78 is 0. The third kappa shape index (κ3) is 4.51. The number of nitrogens with one attached hydrogen (secondary N) is 2. The number of hydrogen-bond acceptors (Lipinski definition) is 5. The van der Waals surface area contributed by atoms with E-state index in [1.165, 1.54) is 24.2 Å². The second-order valence-corrected chi connectivity index (χ2v) is 7.42. The standard InChI is InChI=1S/C16H24N4O2S/c1-11(14(21)19-16-17-6-8-23-16)20-7-2-3-13(10-20)15(22)18-9-12-4-5-12/h6,8,11-13H,2-5,7,9-10H2,1H3,(H,18,22)(H,17,19,21)/t11-,13-/m1/s1. The Hall–Kier alpha value is -1.47. The number of carbonyl (C=O) groups excluding carboxylic acids is 2. The first-order valence-corrected chi connectivity index (χ1v) is 9.23. The molecule has 3 rings (SSSR count). The maximum absolute atomic E-state index is 12.3. The molecule has 0 radical (unpaired) electrons. The van der Waals surface area contributed by atoms with E-state index >= 15 is 0 Å². The fraction of sp³-hybridized carbons (Fsp3) is 0.688. The van der Waals surface area contributed by atoms with E-state index in [-0.39, 0.29) is 23.8 Å². The summed E-state index contributed by atoms with van der Waals surface area (Å²) in [5, 5.41) is 8.36. The van der Waals surface area contributed by atoms with Crippen molar-refractivity contribution in [3.63, 3.8) is 0 Å². The first kappa shape index (κ1) is 16.4. The largest absolute Gasteiger partial charge is 0.356 e. The molecule has 0 spiro atoms. The molecule has 1 saturated heterocycles. The topological polar surface area (TPSA) is 74.3 Å². The van der Waals surface area contributed by atoms with Crippen molar-refractivity contribution in [2.45, 2.75) is 38.6 Å². The molecule has 1 aliphatic carbocycles. The number of hydrogen-bond donors (Lipinski definition) is 2. The Morgan fingerprint density at radius 1 is 1.43 bits per heavy atom. The molecule has 0 bridgehead atoms. The zero-order valence-corrected chi connectivity index (χ0v) is 14.3.